The highest BCUT2D eigenvalue weighted by Crippen LogP contribution is 2.36. The summed E-state index contributed by atoms with van der Waals surface area (Å²) in [4.78, 5) is 2.46. The zero-order valence-electron chi connectivity index (χ0n) is 12.4. The topological polar surface area (TPSA) is 32.7 Å². The molecule has 0 saturated carbocycles. The minimum Gasteiger partial charge on any atom is -0.507 e. The molecular weight excluding hydrogens is 238 g/mol. The fourth-order valence-corrected chi connectivity index (χ4v) is 3.00. The fourth-order valence-electron chi connectivity index (χ4n) is 3.00. The molecule has 3 heteroatoms. The van der Waals surface area contributed by atoms with E-state index >= 15 is 0 Å². The number of hydrogen-bond acceptors (Lipinski definition) is 3. The largest absolute Gasteiger partial charge is 0.507 e. The molecule has 19 heavy (non-hydrogen) atoms. The van der Waals surface area contributed by atoms with Gasteiger partial charge in [0.05, 0.1) is 7.11 Å². The highest BCUT2D eigenvalue weighted by molar-refractivity contribution is 5.41. The van der Waals surface area contributed by atoms with Crippen LogP contribution in [0.25, 0.3) is 0 Å². The van der Waals surface area contributed by atoms with Crippen molar-refractivity contribution in [2.75, 3.05) is 20.2 Å². The molecule has 1 aliphatic heterocycles. The van der Waals surface area contributed by atoms with Crippen LogP contribution in [-0.4, -0.2) is 30.2 Å². The zero-order chi connectivity index (χ0) is 14.0. The third-order valence-electron chi connectivity index (χ3n) is 4.17. The summed E-state index contributed by atoms with van der Waals surface area (Å²) in [6, 6.07) is 5.83. The van der Waals surface area contributed by atoms with E-state index in [2.05, 4.69) is 25.7 Å². The molecule has 1 heterocycles. The number of nitrogens with zero attached hydrogens (tertiary/aromatic N) is 1. The van der Waals surface area contributed by atoms with E-state index in [1.165, 1.54) is 12.8 Å². The molecule has 1 unspecified atom stereocenters. The first-order valence-corrected chi connectivity index (χ1v) is 7.04. The number of benzene rings is 1. The maximum absolute atomic E-state index is 10.1. The second-order valence-corrected chi connectivity index (χ2v) is 6.34. The molecule has 1 aromatic rings. The van der Waals surface area contributed by atoms with Gasteiger partial charge in [0.2, 0.25) is 0 Å². The number of phenolic OH excluding ortho intramolecular Hbond substituents is 1. The van der Waals surface area contributed by atoms with Gasteiger partial charge in [-0.3, -0.25) is 4.90 Å². The van der Waals surface area contributed by atoms with Crippen LogP contribution in [0.5, 0.6) is 11.5 Å². The molecule has 1 saturated heterocycles. The Morgan fingerprint density at radius 2 is 2.11 bits per heavy atom. The summed E-state index contributed by atoms with van der Waals surface area (Å²) in [6.07, 6.45) is 2.51. The Kier molecular flexibility index (Phi) is 4.04. The molecule has 1 aromatic carbocycles. The molecular formula is C16H25NO2. The first-order valence-electron chi connectivity index (χ1n) is 7.04. The highest BCUT2D eigenvalue weighted by atomic mass is 16.5. The van der Waals surface area contributed by atoms with Crippen LogP contribution in [-0.2, 0) is 0 Å². The van der Waals surface area contributed by atoms with Gasteiger partial charge in [-0.15, -0.1) is 0 Å². The molecule has 3 nitrogen and oxygen atoms in total. The molecule has 2 rings (SSSR count). The summed E-state index contributed by atoms with van der Waals surface area (Å²) >= 11 is 0. The van der Waals surface area contributed by atoms with E-state index in [1.807, 2.05) is 12.1 Å². The summed E-state index contributed by atoms with van der Waals surface area (Å²) in [5, 5.41) is 10.1. The van der Waals surface area contributed by atoms with Crippen LogP contribution in [0, 0.1) is 5.41 Å². The second kappa shape index (κ2) is 5.41. The summed E-state index contributed by atoms with van der Waals surface area (Å²) < 4.78 is 5.13. The lowest BCUT2D eigenvalue weighted by molar-refractivity contribution is 0.0836. The van der Waals surface area contributed by atoms with Gasteiger partial charge in [0.25, 0.3) is 0 Å². The number of rotatable bonds is 3. The van der Waals surface area contributed by atoms with Gasteiger partial charge in [0, 0.05) is 24.2 Å². The lowest BCUT2D eigenvalue weighted by atomic mass is 9.83. The zero-order valence-corrected chi connectivity index (χ0v) is 12.4. The summed E-state index contributed by atoms with van der Waals surface area (Å²) in [5.41, 5.74) is 1.35. The number of likely N-dealkylation sites (tertiary alicyclic amines) is 1. The molecule has 1 fully saturated rings. The lowest BCUT2D eigenvalue weighted by Gasteiger charge is -2.41. The van der Waals surface area contributed by atoms with Crippen molar-refractivity contribution in [3.63, 3.8) is 0 Å². The third kappa shape index (κ3) is 3.21. The second-order valence-electron chi connectivity index (χ2n) is 6.34. The Bertz CT molecular complexity index is 442. The molecule has 1 N–H and O–H groups in total. The summed E-state index contributed by atoms with van der Waals surface area (Å²) in [6.45, 7) is 9.00. The van der Waals surface area contributed by atoms with E-state index in [-0.39, 0.29) is 6.04 Å². The molecule has 0 radical (unpaired) electrons. The van der Waals surface area contributed by atoms with Crippen molar-refractivity contribution in [2.45, 2.75) is 39.7 Å². The van der Waals surface area contributed by atoms with Crippen molar-refractivity contribution in [3.05, 3.63) is 23.8 Å². The Morgan fingerprint density at radius 3 is 2.68 bits per heavy atom. The Balaban J connectivity index is 2.17. The Morgan fingerprint density at radius 1 is 1.37 bits per heavy atom. The number of phenols is 1. The van der Waals surface area contributed by atoms with Gasteiger partial charge in [-0.05, 0) is 37.8 Å². The first-order chi connectivity index (χ1) is 8.93. The number of hydrogen-bond donors (Lipinski definition) is 1. The van der Waals surface area contributed by atoms with Crippen LogP contribution < -0.4 is 4.74 Å². The van der Waals surface area contributed by atoms with E-state index in [1.54, 1.807) is 13.2 Å². The van der Waals surface area contributed by atoms with E-state index in [4.69, 9.17) is 4.74 Å². The normalized spacial score (nSPS) is 21.1. The van der Waals surface area contributed by atoms with Crippen molar-refractivity contribution in [1.29, 1.82) is 0 Å². The molecule has 0 aromatic heterocycles. The lowest BCUT2D eigenvalue weighted by Crippen LogP contribution is -2.41. The van der Waals surface area contributed by atoms with Crippen molar-refractivity contribution in [2.24, 2.45) is 5.41 Å². The maximum Gasteiger partial charge on any atom is 0.124 e. The van der Waals surface area contributed by atoms with Gasteiger partial charge in [-0.2, -0.15) is 0 Å². The van der Waals surface area contributed by atoms with Gasteiger partial charge >= 0.3 is 0 Å². The molecule has 0 aliphatic carbocycles. The number of ether oxygens (including phenoxy) is 1. The van der Waals surface area contributed by atoms with Crippen LogP contribution in [0.1, 0.15) is 45.2 Å². The molecule has 1 aliphatic rings. The predicted octanol–water partition coefficient (Wildman–Crippen LogP) is 3.58. The average molecular weight is 263 g/mol. The van der Waals surface area contributed by atoms with Crippen LogP contribution in [0.15, 0.2) is 18.2 Å². The molecule has 0 spiro atoms. The van der Waals surface area contributed by atoms with Gasteiger partial charge in [-0.25, -0.2) is 0 Å². The smallest absolute Gasteiger partial charge is 0.124 e. The van der Waals surface area contributed by atoms with Crippen LogP contribution in [0.3, 0.4) is 0 Å². The Hall–Kier alpha value is -1.22. The first kappa shape index (κ1) is 14.2. The van der Waals surface area contributed by atoms with Crippen molar-refractivity contribution < 1.29 is 9.84 Å². The van der Waals surface area contributed by atoms with Crippen molar-refractivity contribution >= 4 is 0 Å². The van der Waals surface area contributed by atoms with Gasteiger partial charge in [-0.1, -0.05) is 19.9 Å². The standard InChI is InChI=1S/C16H25NO2/c1-12(17-9-5-8-16(2,3)11-17)14-7-6-13(19-4)10-15(14)18/h6-7,10,12,18H,5,8-9,11H2,1-4H3. The Labute approximate surface area is 116 Å². The van der Waals surface area contributed by atoms with E-state index in [0.717, 1.165) is 18.7 Å². The fraction of sp³-hybridized carbons (Fsp3) is 0.625. The third-order valence-corrected chi connectivity index (χ3v) is 4.17. The van der Waals surface area contributed by atoms with E-state index in [9.17, 15) is 5.11 Å². The SMILES string of the molecule is COc1ccc(C(C)N2CCCC(C)(C)C2)c(O)c1. The molecule has 0 amide bonds. The van der Waals surface area contributed by atoms with Crippen molar-refractivity contribution in [1.82, 2.24) is 4.90 Å². The van der Waals surface area contributed by atoms with Crippen LogP contribution in [0.2, 0.25) is 0 Å². The van der Waals surface area contributed by atoms with Gasteiger partial charge in [0.15, 0.2) is 0 Å². The highest BCUT2D eigenvalue weighted by Gasteiger charge is 2.30. The number of piperidine rings is 1. The molecule has 0 bridgehead atoms. The number of methoxy groups -OCH3 is 1. The monoisotopic (exact) mass is 263 g/mol. The quantitative estimate of drug-likeness (QED) is 0.904. The predicted molar refractivity (Wildman–Crippen MR) is 77.7 cm³/mol. The summed E-state index contributed by atoms with van der Waals surface area (Å²) in [7, 11) is 1.62. The number of aromatic hydroxyl groups is 1. The molecule has 1 atom stereocenters. The van der Waals surface area contributed by atoms with Gasteiger partial charge in [0.1, 0.15) is 11.5 Å². The van der Waals surface area contributed by atoms with Crippen LogP contribution >= 0.6 is 0 Å². The minimum absolute atomic E-state index is 0.241. The molecule has 106 valence electrons. The van der Waals surface area contributed by atoms with E-state index in [0.29, 0.717) is 16.9 Å². The maximum atomic E-state index is 10.1. The minimum atomic E-state index is 0.241. The summed E-state index contributed by atoms with van der Waals surface area (Å²) in [5.74, 6) is 1.03. The van der Waals surface area contributed by atoms with Crippen molar-refractivity contribution in [3.8, 4) is 11.5 Å². The average Bonchev–Trinajstić information content (AvgIpc) is 2.36. The van der Waals surface area contributed by atoms with Gasteiger partial charge < -0.3 is 9.84 Å². The van der Waals surface area contributed by atoms with Crippen LogP contribution in [0.4, 0.5) is 0 Å². The van der Waals surface area contributed by atoms with E-state index < -0.39 is 0 Å².